The molecule has 2 aromatic rings. The molecule has 108 valence electrons. The average Bonchev–Trinajstić information content (AvgIpc) is 2.44. The first-order valence-corrected chi connectivity index (χ1v) is 6.96. The molecular weight excluding hydrogens is 290 g/mol. The lowest BCUT2D eigenvalue weighted by Crippen LogP contribution is -2.38. The van der Waals surface area contributed by atoms with Gasteiger partial charge in [0.05, 0.1) is 5.69 Å². The summed E-state index contributed by atoms with van der Waals surface area (Å²) in [6.07, 6.45) is -0.223. The molecule has 0 fully saturated rings. The molecule has 1 aliphatic rings. The number of anilines is 1. The van der Waals surface area contributed by atoms with Gasteiger partial charge < -0.3 is 15.2 Å². The number of hydrogen-bond donors (Lipinski definition) is 2. The smallest absolute Gasteiger partial charge is 0.265 e. The molecule has 5 heteroatoms. The van der Waals surface area contributed by atoms with E-state index < -0.39 is 6.10 Å². The monoisotopic (exact) mass is 303 g/mol. The average molecular weight is 304 g/mol. The minimum Gasteiger partial charge on any atom is -0.508 e. The number of carbonyl (C=O) groups is 1. The van der Waals surface area contributed by atoms with Crippen LogP contribution in [-0.4, -0.2) is 17.1 Å². The highest BCUT2D eigenvalue weighted by atomic mass is 35.5. The van der Waals surface area contributed by atoms with Crippen molar-refractivity contribution in [1.29, 1.82) is 0 Å². The number of phenols is 1. The van der Waals surface area contributed by atoms with E-state index in [1.807, 2.05) is 25.1 Å². The van der Waals surface area contributed by atoms with Gasteiger partial charge in [0.2, 0.25) is 0 Å². The number of fused-ring (bicyclic) bond motifs is 1. The van der Waals surface area contributed by atoms with E-state index in [0.29, 0.717) is 22.9 Å². The van der Waals surface area contributed by atoms with Crippen molar-refractivity contribution in [2.75, 3.05) is 5.32 Å². The van der Waals surface area contributed by atoms with Crippen LogP contribution in [0.15, 0.2) is 36.4 Å². The van der Waals surface area contributed by atoms with Crippen LogP contribution in [0.4, 0.5) is 5.69 Å². The molecule has 1 amide bonds. The number of ether oxygens (including phenoxy) is 1. The molecular formula is C16H14ClNO3. The second-order valence-electron chi connectivity index (χ2n) is 5.06. The number of benzene rings is 2. The van der Waals surface area contributed by atoms with Gasteiger partial charge in [0.15, 0.2) is 6.10 Å². The first-order chi connectivity index (χ1) is 10.0. The molecule has 0 aromatic heterocycles. The number of phenolic OH excluding ortho intramolecular Hbond substituents is 1. The van der Waals surface area contributed by atoms with Crippen molar-refractivity contribution in [3.05, 3.63) is 52.5 Å². The van der Waals surface area contributed by atoms with Gasteiger partial charge in [-0.05, 0) is 36.2 Å². The first-order valence-electron chi connectivity index (χ1n) is 6.58. The number of aryl methyl sites for hydroxylation is 1. The standard InChI is InChI=1S/C16H14ClNO3/c1-9-2-3-10(6-12(9)17)7-15-16(20)18-13-5-4-11(19)8-14(13)21-15/h2-6,8,15,19H,7H2,1H3,(H,18,20). The van der Waals surface area contributed by atoms with E-state index in [-0.39, 0.29) is 11.7 Å². The van der Waals surface area contributed by atoms with Gasteiger partial charge in [0, 0.05) is 17.5 Å². The number of hydrogen-bond acceptors (Lipinski definition) is 3. The molecule has 3 rings (SSSR count). The van der Waals surface area contributed by atoms with E-state index in [0.717, 1.165) is 11.1 Å². The summed E-state index contributed by atoms with van der Waals surface area (Å²) in [6, 6.07) is 10.3. The minimum atomic E-state index is -0.641. The van der Waals surface area contributed by atoms with Crippen molar-refractivity contribution >= 4 is 23.2 Å². The van der Waals surface area contributed by atoms with Crippen molar-refractivity contribution in [3.63, 3.8) is 0 Å². The van der Waals surface area contributed by atoms with Crippen LogP contribution >= 0.6 is 11.6 Å². The van der Waals surface area contributed by atoms with E-state index >= 15 is 0 Å². The highest BCUT2D eigenvalue weighted by Crippen LogP contribution is 2.33. The molecule has 1 heterocycles. The molecule has 4 nitrogen and oxygen atoms in total. The SMILES string of the molecule is Cc1ccc(CC2Oc3cc(O)ccc3NC2=O)cc1Cl. The molecule has 0 aliphatic carbocycles. The van der Waals surface area contributed by atoms with Gasteiger partial charge in [0.1, 0.15) is 11.5 Å². The lowest BCUT2D eigenvalue weighted by Gasteiger charge is -2.26. The van der Waals surface area contributed by atoms with Crippen molar-refractivity contribution in [3.8, 4) is 11.5 Å². The topological polar surface area (TPSA) is 58.6 Å². The van der Waals surface area contributed by atoms with E-state index in [4.69, 9.17) is 16.3 Å². The van der Waals surface area contributed by atoms with E-state index in [9.17, 15) is 9.90 Å². The largest absolute Gasteiger partial charge is 0.508 e. The van der Waals surface area contributed by atoms with Crippen molar-refractivity contribution in [1.82, 2.24) is 0 Å². The Morgan fingerprint density at radius 1 is 1.29 bits per heavy atom. The molecule has 1 aliphatic heterocycles. The van der Waals surface area contributed by atoms with E-state index in [1.165, 1.54) is 12.1 Å². The van der Waals surface area contributed by atoms with Crippen molar-refractivity contribution in [2.45, 2.75) is 19.4 Å². The van der Waals surface area contributed by atoms with Gasteiger partial charge in [-0.1, -0.05) is 23.7 Å². The Balaban J connectivity index is 1.83. The van der Waals surface area contributed by atoms with Gasteiger partial charge in [-0.3, -0.25) is 4.79 Å². The number of carbonyl (C=O) groups excluding carboxylic acids is 1. The van der Waals surface area contributed by atoms with Crippen molar-refractivity contribution < 1.29 is 14.6 Å². The Kier molecular flexibility index (Phi) is 3.47. The molecule has 2 aromatic carbocycles. The molecule has 0 spiro atoms. The third kappa shape index (κ3) is 2.81. The van der Waals surface area contributed by atoms with E-state index in [1.54, 1.807) is 6.07 Å². The maximum absolute atomic E-state index is 12.1. The van der Waals surface area contributed by atoms with Crippen LogP contribution in [0, 0.1) is 6.92 Å². The zero-order valence-corrected chi connectivity index (χ0v) is 12.1. The molecule has 0 bridgehead atoms. The lowest BCUT2D eigenvalue weighted by atomic mass is 10.0. The Hall–Kier alpha value is -2.20. The number of amides is 1. The van der Waals surface area contributed by atoms with Gasteiger partial charge in [-0.15, -0.1) is 0 Å². The van der Waals surface area contributed by atoms with Crippen LogP contribution in [0.5, 0.6) is 11.5 Å². The second-order valence-corrected chi connectivity index (χ2v) is 5.47. The Morgan fingerprint density at radius 2 is 2.10 bits per heavy atom. The molecule has 21 heavy (non-hydrogen) atoms. The number of aromatic hydroxyl groups is 1. The molecule has 1 unspecified atom stereocenters. The molecule has 0 radical (unpaired) electrons. The van der Waals surface area contributed by atoms with Gasteiger partial charge >= 0.3 is 0 Å². The predicted octanol–water partition coefficient (Wildman–Crippen LogP) is 3.30. The van der Waals surface area contributed by atoms with Crippen LogP contribution in [0.2, 0.25) is 5.02 Å². The third-order valence-corrected chi connectivity index (χ3v) is 3.85. The van der Waals surface area contributed by atoms with Crippen LogP contribution in [0.1, 0.15) is 11.1 Å². The summed E-state index contributed by atoms with van der Waals surface area (Å²) in [7, 11) is 0. The Morgan fingerprint density at radius 3 is 2.86 bits per heavy atom. The maximum Gasteiger partial charge on any atom is 0.265 e. The summed E-state index contributed by atoms with van der Waals surface area (Å²) in [6.45, 7) is 1.93. The summed E-state index contributed by atoms with van der Waals surface area (Å²) >= 11 is 6.10. The van der Waals surface area contributed by atoms with Crippen LogP contribution in [0.3, 0.4) is 0 Å². The molecule has 1 atom stereocenters. The van der Waals surface area contributed by atoms with Gasteiger partial charge in [-0.2, -0.15) is 0 Å². The summed E-state index contributed by atoms with van der Waals surface area (Å²) in [4.78, 5) is 12.1. The zero-order chi connectivity index (χ0) is 15.0. The fourth-order valence-corrected chi connectivity index (χ4v) is 2.45. The molecule has 2 N–H and O–H groups in total. The maximum atomic E-state index is 12.1. The summed E-state index contributed by atoms with van der Waals surface area (Å²) in [5.41, 5.74) is 2.48. The van der Waals surface area contributed by atoms with Crippen LogP contribution in [-0.2, 0) is 11.2 Å². The Bertz CT molecular complexity index is 715. The summed E-state index contributed by atoms with van der Waals surface area (Å²) in [5.74, 6) is 0.365. The van der Waals surface area contributed by atoms with Gasteiger partial charge in [-0.25, -0.2) is 0 Å². The summed E-state index contributed by atoms with van der Waals surface area (Å²) < 4.78 is 5.68. The fourth-order valence-electron chi connectivity index (χ4n) is 2.24. The molecule has 0 saturated carbocycles. The number of nitrogens with one attached hydrogen (secondary N) is 1. The quantitative estimate of drug-likeness (QED) is 0.837. The highest BCUT2D eigenvalue weighted by Gasteiger charge is 2.28. The number of rotatable bonds is 2. The molecule has 0 saturated heterocycles. The second kappa shape index (κ2) is 5.30. The van der Waals surface area contributed by atoms with Gasteiger partial charge in [0.25, 0.3) is 5.91 Å². The number of halogens is 1. The minimum absolute atomic E-state index is 0.0991. The lowest BCUT2D eigenvalue weighted by molar-refractivity contribution is -0.123. The van der Waals surface area contributed by atoms with Crippen LogP contribution < -0.4 is 10.1 Å². The van der Waals surface area contributed by atoms with E-state index in [2.05, 4.69) is 5.32 Å². The normalized spacial score (nSPS) is 16.9. The highest BCUT2D eigenvalue weighted by molar-refractivity contribution is 6.31. The predicted molar refractivity (Wildman–Crippen MR) is 81.0 cm³/mol. The van der Waals surface area contributed by atoms with Crippen molar-refractivity contribution in [2.24, 2.45) is 0 Å². The van der Waals surface area contributed by atoms with Crippen LogP contribution in [0.25, 0.3) is 0 Å². The third-order valence-electron chi connectivity index (χ3n) is 3.44. The Labute approximate surface area is 127 Å². The zero-order valence-electron chi connectivity index (χ0n) is 11.4. The summed E-state index contributed by atoms with van der Waals surface area (Å²) in [5, 5.41) is 12.9. The fraction of sp³-hybridized carbons (Fsp3) is 0.188. The first kappa shape index (κ1) is 13.8.